The number of rotatable bonds is 7. The second kappa shape index (κ2) is 20.0. The maximum absolute atomic E-state index is 9.40. The lowest BCUT2D eigenvalue weighted by Crippen LogP contribution is -2.13. The van der Waals surface area contributed by atoms with Crippen LogP contribution in [0.15, 0.2) is 60.7 Å². The maximum atomic E-state index is 9.40. The molecule has 0 aromatic heterocycles. The molecule has 0 aliphatic rings. The molecule has 0 amide bonds. The highest BCUT2D eigenvalue weighted by atomic mass is 16.5. The van der Waals surface area contributed by atoms with Crippen molar-refractivity contribution in [2.24, 2.45) is 0 Å². The lowest BCUT2D eigenvalue weighted by Gasteiger charge is -2.18. The van der Waals surface area contributed by atoms with E-state index in [9.17, 15) is 5.11 Å². The second-order valence-corrected chi connectivity index (χ2v) is 5.65. The number of ether oxygens (including phenoxy) is 2. The summed E-state index contributed by atoms with van der Waals surface area (Å²) in [6.45, 7) is 12.3. The van der Waals surface area contributed by atoms with Crippen LogP contribution >= 0.6 is 0 Å². The first kappa shape index (κ1) is 28.5. The fourth-order valence-electron chi connectivity index (χ4n) is 2.15. The van der Waals surface area contributed by atoms with Crippen LogP contribution in [0.1, 0.15) is 64.9 Å². The van der Waals surface area contributed by atoms with E-state index in [2.05, 4.69) is 0 Å². The van der Waals surface area contributed by atoms with Crippen molar-refractivity contribution in [2.45, 2.75) is 59.9 Å². The third-order valence-corrected chi connectivity index (χ3v) is 3.28. The van der Waals surface area contributed by atoms with Crippen LogP contribution in [0.5, 0.6) is 0 Å². The van der Waals surface area contributed by atoms with E-state index in [0.29, 0.717) is 6.61 Å². The number of hydrogen-bond donors (Lipinski definition) is 2. The smallest absolute Gasteiger partial charge is 0.106 e. The molecule has 2 rings (SSSR count). The Morgan fingerprint density at radius 1 is 0.786 bits per heavy atom. The van der Waals surface area contributed by atoms with Crippen molar-refractivity contribution in [1.82, 2.24) is 0 Å². The molecule has 0 heterocycles. The Bertz CT molecular complexity index is 529. The highest BCUT2D eigenvalue weighted by molar-refractivity contribution is 5.18. The minimum atomic E-state index is -0.499. The van der Waals surface area contributed by atoms with Crippen LogP contribution in [0.3, 0.4) is 0 Å². The summed E-state index contributed by atoms with van der Waals surface area (Å²) in [4.78, 5) is 0. The molecule has 160 valence electrons. The van der Waals surface area contributed by atoms with Gasteiger partial charge in [0.15, 0.2) is 0 Å². The highest BCUT2D eigenvalue weighted by Gasteiger charge is 2.11. The van der Waals surface area contributed by atoms with Gasteiger partial charge in [-0.15, -0.1) is 0 Å². The molecule has 2 N–H and O–H groups in total. The van der Waals surface area contributed by atoms with Crippen LogP contribution in [0, 0.1) is 0 Å². The minimum Gasteiger partial charge on any atom is -0.393 e. The average Bonchev–Trinajstić information content (AvgIpc) is 2.76. The van der Waals surface area contributed by atoms with Crippen molar-refractivity contribution < 1.29 is 19.7 Å². The largest absolute Gasteiger partial charge is 0.393 e. The number of methoxy groups -OCH3 is 1. The van der Waals surface area contributed by atoms with Crippen LogP contribution in [0.4, 0.5) is 0 Å². The van der Waals surface area contributed by atoms with Crippen LogP contribution in [0.2, 0.25) is 0 Å². The lowest BCUT2D eigenvalue weighted by molar-refractivity contribution is -0.0247. The van der Waals surface area contributed by atoms with Gasteiger partial charge in [0.2, 0.25) is 0 Å². The molecule has 4 heteroatoms. The van der Waals surface area contributed by atoms with E-state index in [1.807, 2.05) is 102 Å². The first-order chi connectivity index (χ1) is 13.6. The fourth-order valence-corrected chi connectivity index (χ4v) is 2.15. The van der Waals surface area contributed by atoms with Gasteiger partial charge in [-0.25, -0.2) is 0 Å². The normalized spacial score (nSPS) is 11.6. The average molecular weight is 393 g/mol. The summed E-state index contributed by atoms with van der Waals surface area (Å²) >= 11 is 0. The molecule has 0 aliphatic heterocycles. The first-order valence-corrected chi connectivity index (χ1v) is 10.1. The van der Waals surface area contributed by atoms with Crippen LogP contribution in [-0.2, 0) is 9.47 Å². The Hall–Kier alpha value is -1.72. The summed E-state index contributed by atoms with van der Waals surface area (Å²) in [6.07, 6.45) is -0.556. The molecule has 0 aliphatic carbocycles. The predicted molar refractivity (Wildman–Crippen MR) is 118 cm³/mol. The van der Waals surface area contributed by atoms with E-state index in [0.717, 1.165) is 11.1 Å². The Morgan fingerprint density at radius 2 is 1.21 bits per heavy atom. The van der Waals surface area contributed by atoms with E-state index in [-0.39, 0.29) is 18.8 Å². The zero-order valence-electron chi connectivity index (χ0n) is 18.6. The monoisotopic (exact) mass is 392 g/mol. The molecule has 0 fully saturated rings. The van der Waals surface area contributed by atoms with Crippen LogP contribution in [0.25, 0.3) is 0 Å². The van der Waals surface area contributed by atoms with Crippen molar-refractivity contribution >= 4 is 0 Å². The van der Waals surface area contributed by atoms with Crippen molar-refractivity contribution in [2.75, 3.05) is 20.3 Å². The third kappa shape index (κ3) is 13.4. The Labute approximate surface area is 172 Å². The van der Waals surface area contributed by atoms with E-state index >= 15 is 0 Å². The van der Waals surface area contributed by atoms with Gasteiger partial charge in [-0.05, 0) is 25.0 Å². The highest BCUT2D eigenvalue weighted by Crippen LogP contribution is 2.17. The second-order valence-electron chi connectivity index (χ2n) is 5.65. The third-order valence-electron chi connectivity index (χ3n) is 3.28. The molecule has 0 saturated carbocycles. The van der Waals surface area contributed by atoms with Crippen molar-refractivity contribution in [3.63, 3.8) is 0 Å². The summed E-state index contributed by atoms with van der Waals surface area (Å²) in [5.41, 5.74) is 1.92. The maximum Gasteiger partial charge on any atom is 0.106 e. The van der Waals surface area contributed by atoms with Crippen LogP contribution in [-0.4, -0.2) is 36.6 Å². The molecular formula is C24H40O4. The van der Waals surface area contributed by atoms with Crippen molar-refractivity contribution in [3.8, 4) is 0 Å². The van der Waals surface area contributed by atoms with Crippen molar-refractivity contribution in [3.05, 3.63) is 71.8 Å². The van der Waals surface area contributed by atoms with Gasteiger partial charge in [-0.1, -0.05) is 88.4 Å². The van der Waals surface area contributed by atoms with Crippen LogP contribution < -0.4 is 0 Å². The predicted octanol–water partition coefficient (Wildman–Crippen LogP) is 5.56. The fraction of sp³-hybridized carbons (Fsp3) is 0.500. The van der Waals surface area contributed by atoms with Gasteiger partial charge in [0.25, 0.3) is 0 Å². The molecule has 0 spiro atoms. The van der Waals surface area contributed by atoms with Gasteiger partial charge < -0.3 is 19.7 Å². The summed E-state index contributed by atoms with van der Waals surface area (Å²) < 4.78 is 10.3. The summed E-state index contributed by atoms with van der Waals surface area (Å²) in [5.74, 6) is 0. The van der Waals surface area contributed by atoms with Gasteiger partial charge in [-0.3, -0.25) is 0 Å². The van der Waals surface area contributed by atoms with Gasteiger partial charge in [0.1, 0.15) is 12.2 Å². The number of benzene rings is 2. The van der Waals surface area contributed by atoms with E-state index in [1.54, 1.807) is 7.11 Å². The Kier molecular flexibility index (Phi) is 20.4. The van der Waals surface area contributed by atoms with Gasteiger partial charge in [0, 0.05) is 7.11 Å². The van der Waals surface area contributed by atoms with Gasteiger partial charge >= 0.3 is 0 Å². The minimum absolute atomic E-state index is 0.0300. The quantitative estimate of drug-likeness (QED) is 0.647. The van der Waals surface area contributed by atoms with Gasteiger partial charge in [0.05, 0.1) is 19.3 Å². The zero-order valence-corrected chi connectivity index (χ0v) is 18.6. The summed E-state index contributed by atoms with van der Waals surface area (Å²) in [6, 6.07) is 19.2. The number of aliphatic hydroxyl groups excluding tert-OH is 2. The molecule has 2 unspecified atom stereocenters. The molecule has 0 bridgehead atoms. The standard InChI is InChI=1S/C11H16O2.C9H12O2.2C2H6/c1-9(2)13-11(8-12)10-6-4-3-5-7-10;1-11-7-9(10)8-5-3-2-4-6-8;2*1-2/h3-7,9,11-12H,8H2,1-2H3;2-6,9-10H,7H2,1H3;2*1-2H3. The first-order valence-electron chi connectivity index (χ1n) is 10.1. The lowest BCUT2D eigenvalue weighted by atomic mass is 10.1. The van der Waals surface area contributed by atoms with E-state index < -0.39 is 6.10 Å². The molecule has 28 heavy (non-hydrogen) atoms. The molecular weight excluding hydrogens is 352 g/mol. The molecule has 2 atom stereocenters. The number of hydrogen-bond acceptors (Lipinski definition) is 4. The molecule has 2 aromatic carbocycles. The van der Waals surface area contributed by atoms with Crippen molar-refractivity contribution in [1.29, 1.82) is 0 Å². The van der Waals surface area contributed by atoms with Gasteiger partial charge in [-0.2, -0.15) is 0 Å². The zero-order chi connectivity index (χ0) is 21.8. The van der Waals surface area contributed by atoms with E-state index in [4.69, 9.17) is 14.6 Å². The molecule has 4 nitrogen and oxygen atoms in total. The SMILES string of the molecule is CC.CC.CC(C)OC(CO)c1ccccc1.COCC(O)c1ccccc1. The molecule has 0 saturated heterocycles. The topological polar surface area (TPSA) is 58.9 Å². The summed E-state index contributed by atoms with van der Waals surface area (Å²) in [5, 5.41) is 18.5. The molecule has 0 radical (unpaired) electrons. The number of aliphatic hydroxyl groups is 2. The Balaban J connectivity index is 0. The van der Waals surface area contributed by atoms with E-state index in [1.165, 1.54) is 0 Å². The Morgan fingerprint density at radius 3 is 1.57 bits per heavy atom. The molecule has 2 aromatic rings. The summed E-state index contributed by atoms with van der Waals surface area (Å²) in [7, 11) is 1.58.